The number of fused-ring (bicyclic) bond motifs is 1. The first-order chi connectivity index (χ1) is 12.2. The summed E-state index contributed by atoms with van der Waals surface area (Å²) in [5.74, 6) is -0.619. The number of nitriles is 1. The van der Waals surface area contributed by atoms with Crippen molar-refractivity contribution in [3.05, 3.63) is 77.9 Å². The first kappa shape index (κ1) is 16.3. The predicted molar refractivity (Wildman–Crippen MR) is 97.0 cm³/mol. The Kier molecular flexibility index (Phi) is 4.77. The predicted octanol–water partition coefficient (Wildman–Crippen LogP) is 4.37. The van der Waals surface area contributed by atoms with Gasteiger partial charge in [-0.05, 0) is 22.9 Å². The van der Waals surface area contributed by atoms with Gasteiger partial charge in [-0.25, -0.2) is 4.79 Å². The first-order valence-electron chi connectivity index (χ1n) is 7.72. The van der Waals surface area contributed by atoms with E-state index >= 15 is 0 Å². The van der Waals surface area contributed by atoms with Crippen LogP contribution < -0.4 is 4.74 Å². The third-order valence-corrected chi connectivity index (χ3v) is 3.77. The number of benzene rings is 3. The monoisotopic (exact) mass is 329 g/mol. The fraction of sp³-hybridized carbons (Fsp3) is 0.0476. The van der Waals surface area contributed by atoms with Gasteiger partial charge >= 0.3 is 5.97 Å². The van der Waals surface area contributed by atoms with Crippen molar-refractivity contribution in [1.82, 2.24) is 0 Å². The van der Waals surface area contributed by atoms with Crippen molar-refractivity contribution in [2.75, 3.05) is 6.61 Å². The van der Waals surface area contributed by atoms with Crippen LogP contribution in [0.25, 0.3) is 22.4 Å². The molecule has 0 heterocycles. The smallest absolute Gasteiger partial charge is 0.341 e. The van der Waals surface area contributed by atoms with E-state index in [-0.39, 0.29) is 0 Å². The van der Waals surface area contributed by atoms with Crippen molar-refractivity contribution in [3.8, 4) is 11.8 Å². The van der Waals surface area contributed by atoms with Crippen LogP contribution in [0, 0.1) is 11.3 Å². The second-order valence-electron chi connectivity index (χ2n) is 5.42. The summed E-state index contributed by atoms with van der Waals surface area (Å²) in [5.41, 5.74) is 1.98. The number of para-hydroxylation sites is 1. The number of hydrogen-bond acceptors (Lipinski definition) is 3. The molecule has 3 rings (SSSR count). The highest BCUT2D eigenvalue weighted by Gasteiger charge is 2.09. The number of rotatable bonds is 5. The average Bonchev–Trinajstić information content (AvgIpc) is 2.65. The minimum absolute atomic E-state index is 0.429. The van der Waals surface area contributed by atoms with E-state index in [0.717, 1.165) is 16.3 Å². The molecule has 0 spiro atoms. The topological polar surface area (TPSA) is 70.3 Å². The van der Waals surface area contributed by atoms with Crippen LogP contribution in [-0.4, -0.2) is 17.7 Å². The van der Waals surface area contributed by atoms with Gasteiger partial charge in [-0.3, -0.25) is 0 Å². The number of hydrogen-bond donors (Lipinski definition) is 1. The molecule has 0 bridgehead atoms. The van der Waals surface area contributed by atoms with Crippen molar-refractivity contribution < 1.29 is 14.6 Å². The Bertz CT molecular complexity index is 994. The Hall–Kier alpha value is -3.58. The van der Waals surface area contributed by atoms with E-state index < -0.39 is 12.6 Å². The van der Waals surface area contributed by atoms with E-state index in [1.165, 1.54) is 0 Å². The maximum atomic E-state index is 10.7. The van der Waals surface area contributed by atoms with Crippen LogP contribution in [0.2, 0.25) is 0 Å². The van der Waals surface area contributed by atoms with Gasteiger partial charge in [0.25, 0.3) is 0 Å². The molecule has 0 aliphatic carbocycles. The van der Waals surface area contributed by atoms with Crippen molar-refractivity contribution in [1.29, 1.82) is 5.26 Å². The zero-order chi connectivity index (χ0) is 17.6. The van der Waals surface area contributed by atoms with Gasteiger partial charge in [-0.1, -0.05) is 60.7 Å². The van der Waals surface area contributed by atoms with E-state index in [9.17, 15) is 10.1 Å². The Morgan fingerprint density at radius 2 is 1.76 bits per heavy atom. The quantitative estimate of drug-likeness (QED) is 0.557. The summed E-state index contributed by atoms with van der Waals surface area (Å²) in [6.07, 6.45) is 1.72. The molecule has 122 valence electrons. The molecule has 0 aliphatic heterocycles. The van der Waals surface area contributed by atoms with Gasteiger partial charge in [-0.15, -0.1) is 0 Å². The molecule has 4 nitrogen and oxygen atoms in total. The van der Waals surface area contributed by atoms with Crippen molar-refractivity contribution in [2.45, 2.75) is 0 Å². The van der Waals surface area contributed by atoms with Gasteiger partial charge in [0.15, 0.2) is 6.61 Å². The number of nitrogens with zero attached hydrogens (tertiary/aromatic N) is 1. The summed E-state index contributed by atoms with van der Waals surface area (Å²) in [6, 6.07) is 23.0. The second-order valence-corrected chi connectivity index (χ2v) is 5.42. The average molecular weight is 329 g/mol. The molecule has 1 N–H and O–H groups in total. The van der Waals surface area contributed by atoms with Gasteiger partial charge in [0.2, 0.25) is 0 Å². The standard InChI is InChI=1S/C21H15NO3/c22-13-17(19-10-5-8-15-6-1-3-9-18(15)19)12-16-7-2-4-11-20(16)25-14-21(23)24/h1-12H,14H2,(H,23,24)/b17-12-. The third-order valence-electron chi connectivity index (χ3n) is 3.77. The molecular formula is C21H15NO3. The molecule has 0 saturated heterocycles. The summed E-state index contributed by atoms with van der Waals surface area (Å²) in [4.78, 5) is 10.7. The Morgan fingerprint density at radius 3 is 2.56 bits per heavy atom. The van der Waals surface area contributed by atoms with Crippen LogP contribution in [-0.2, 0) is 4.79 Å². The molecule has 0 amide bonds. The molecule has 0 aromatic heterocycles. The summed E-state index contributed by atoms with van der Waals surface area (Å²) in [6.45, 7) is -0.430. The highest BCUT2D eigenvalue weighted by molar-refractivity contribution is 6.02. The maximum absolute atomic E-state index is 10.7. The Balaban J connectivity index is 2.07. The lowest BCUT2D eigenvalue weighted by molar-refractivity contribution is -0.139. The maximum Gasteiger partial charge on any atom is 0.341 e. The lowest BCUT2D eigenvalue weighted by atomic mass is 9.97. The van der Waals surface area contributed by atoms with Crippen LogP contribution >= 0.6 is 0 Å². The summed E-state index contributed by atoms with van der Waals surface area (Å²) >= 11 is 0. The minimum Gasteiger partial charge on any atom is -0.481 e. The SMILES string of the molecule is N#C/C(=C/c1ccccc1OCC(=O)O)c1cccc2ccccc12. The van der Waals surface area contributed by atoms with Gasteiger partial charge in [0, 0.05) is 11.1 Å². The molecule has 25 heavy (non-hydrogen) atoms. The van der Waals surface area contributed by atoms with Gasteiger partial charge < -0.3 is 9.84 Å². The summed E-state index contributed by atoms with van der Waals surface area (Å²) in [7, 11) is 0. The van der Waals surface area contributed by atoms with Crippen LogP contribution in [0.1, 0.15) is 11.1 Å². The van der Waals surface area contributed by atoms with E-state index in [0.29, 0.717) is 16.9 Å². The molecule has 0 radical (unpaired) electrons. The lowest BCUT2D eigenvalue weighted by Gasteiger charge is -2.09. The van der Waals surface area contributed by atoms with E-state index in [1.807, 2.05) is 48.5 Å². The number of allylic oxidation sites excluding steroid dienone is 1. The Morgan fingerprint density at radius 1 is 1.04 bits per heavy atom. The number of carboxylic acid groups (broad SMARTS) is 1. The van der Waals surface area contributed by atoms with Crippen LogP contribution in [0.3, 0.4) is 0 Å². The van der Waals surface area contributed by atoms with Gasteiger partial charge in [0.1, 0.15) is 5.75 Å². The zero-order valence-electron chi connectivity index (χ0n) is 13.3. The third kappa shape index (κ3) is 3.67. The molecule has 0 atom stereocenters. The zero-order valence-corrected chi connectivity index (χ0v) is 13.3. The first-order valence-corrected chi connectivity index (χ1v) is 7.72. The molecule has 4 heteroatoms. The lowest BCUT2D eigenvalue weighted by Crippen LogP contribution is -2.09. The number of carboxylic acids is 1. The molecule has 0 aliphatic rings. The van der Waals surface area contributed by atoms with Crippen molar-refractivity contribution in [2.24, 2.45) is 0 Å². The minimum atomic E-state index is -1.05. The van der Waals surface area contributed by atoms with Crippen LogP contribution in [0.15, 0.2) is 66.7 Å². The summed E-state index contributed by atoms with van der Waals surface area (Å²) < 4.78 is 5.31. The van der Waals surface area contributed by atoms with Gasteiger partial charge in [0.05, 0.1) is 11.6 Å². The van der Waals surface area contributed by atoms with E-state index in [4.69, 9.17) is 9.84 Å². The molecule has 3 aromatic rings. The van der Waals surface area contributed by atoms with Crippen LogP contribution in [0.4, 0.5) is 0 Å². The largest absolute Gasteiger partial charge is 0.481 e. The molecular weight excluding hydrogens is 314 g/mol. The molecule has 0 saturated carbocycles. The van der Waals surface area contributed by atoms with Crippen molar-refractivity contribution >= 4 is 28.4 Å². The van der Waals surface area contributed by atoms with Gasteiger partial charge in [-0.2, -0.15) is 5.26 Å². The molecule has 0 unspecified atom stereocenters. The van der Waals surface area contributed by atoms with E-state index in [2.05, 4.69) is 6.07 Å². The fourth-order valence-corrected chi connectivity index (χ4v) is 2.66. The number of ether oxygens (including phenoxy) is 1. The summed E-state index contributed by atoms with van der Waals surface area (Å²) in [5, 5.41) is 20.5. The highest BCUT2D eigenvalue weighted by Crippen LogP contribution is 2.29. The molecule has 0 fully saturated rings. The highest BCUT2D eigenvalue weighted by atomic mass is 16.5. The fourth-order valence-electron chi connectivity index (χ4n) is 2.66. The van der Waals surface area contributed by atoms with Crippen LogP contribution in [0.5, 0.6) is 5.75 Å². The molecule has 3 aromatic carbocycles. The Labute approximate surface area is 145 Å². The number of aliphatic carboxylic acids is 1. The van der Waals surface area contributed by atoms with E-state index in [1.54, 1.807) is 24.3 Å². The van der Waals surface area contributed by atoms with Crippen molar-refractivity contribution in [3.63, 3.8) is 0 Å². The number of carbonyl (C=O) groups is 1. The second kappa shape index (κ2) is 7.33. The normalized spacial score (nSPS) is 11.1.